The summed E-state index contributed by atoms with van der Waals surface area (Å²) in [7, 11) is 1.66. The molecule has 0 aliphatic rings. The van der Waals surface area contributed by atoms with Crippen LogP contribution in [0.4, 0.5) is 0 Å². The highest BCUT2D eigenvalue weighted by Gasteiger charge is 2.05. The molecule has 3 rings (SSSR count). The third-order valence-electron chi connectivity index (χ3n) is 2.80. The zero-order valence-electron chi connectivity index (χ0n) is 9.75. The first-order valence-corrected chi connectivity index (χ1v) is 5.95. The van der Waals surface area contributed by atoms with Gasteiger partial charge >= 0.3 is 0 Å². The Kier molecular flexibility index (Phi) is 2.72. The lowest BCUT2D eigenvalue weighted by atomic mass is 10.1. The molecule has 0 fully saturated rings. The average Bonchev–Trinajstić information content (AvgIpc) is 2.78. The Labute approximate surface area is 110 Å². The lowest BCUT2D eigenvalue weighted by Crippen LogP contribution is -1.82. The van der Waals surface area contributed by atoms with Crippen LogP contribution in [0.1, 0.15) is 0 Å². The molecular weight excluding hydrogens is 246 g/mol. The summed E-state index contributed by atoms with van der Waals surface area (Å²) in [4.78, 5) is 4.15. The van der Waals surface area contributed by atoms with Gasteiger partial charge in [-0.1, -0.05) is 30.8 Å². The molecule has 4 heteroatoms. The van der Waals surface area contributed by atoms with Crippen molar-refractivity contribution < 1.29 is 9.15 Å². The zero-order valence-corrected chi connectivity index (χ0v) is 10.6. The number of fused-ring (bicyclic) bond motifs is 1. The summed E-state index contributed by atoms with van der Waals surface area (Å²) in [5.74, 6) is 0.845. The Morgan fingerprint density at radius 3 is 2.50 bits per heavy atom. The largest absolute Gasteiger partial charge is 0.497 e. The lowest BCUT2D eigenvalue weighted by molar-refractivity contribution is 0.415. The maximum absolute atomic E-state index is 5.40. The van der Waals surface area contributed by atoms with Gasteiger partial charge in [-0.05, 0) is 35.4 Å². The van der Waals surface area contributed by atoms with Crippen LogP contribution in [0, 0.1) is 0 Å². The quantitative estimate of drug-likeness (QED) is 0.709. The number of hydrogen-bond acceptors (Lipinski definition) is 4. The van der Waals surface area contributed by atoms with Crippen molar-refractivity contribution in [2.75, 3.05) is 7.11 Å². The smallest absolute Gasteiger partial charge is 0.253 e. The van der Waals surface area contributed by atoms with Gasteiger partial charge in [0.05, 0.1) is 7.11 Å². The molecule has 1 heterocycles. The highest BCUT2D eigenvalue weighted by molar-refractivity contribution is 7.80. The lowest BCUT2D eigenvalue weighted by Gasteiger charge is -2.03. The van der Waals surface area contributed by atoms with E-state index in [1.165, 1.54) is 0 Å². The summed E-state index contributed by atoms with van der Waals surface area (Å²) in [6.07, 6.45) is 0. The minimum absolute atomic E-state index is 0.386. The molecule has 0 radical (unpaired) electrons. The SMILES string of the molecule is COc1ccc(-c2ccc3nc(S)oc3c2)cc1. The van der Waals surface area contributed by atoms with Crippen molar-refractivity contribution in [2.45, 2.75) is 5.22 Å². The fourth-order valence-corrected chi connectivity index (χ4v) is 2.08. The summed E-state index contributed by atoms with van der Waals surface area (Å²) in [6, 6.07) is 13.8. The Bertz CT molecular complexity index is 689. The van der Waals surface area contributed by atoms with Crippen LogP contribution in [0.5, 0.6) is 5.75 Å². The van der Waals surface area contributed by atoms with Crippen molar-refractivity contribution in [3.63, 3.8) is 0 Å². The molecule has 0 bridgehead atoms. The first-order chi connectivity index (χ1) is 8.76. The van der Waals surface area contributed by atoms with Crippen LogP contribution in [-0.2, 0) is 0 Å². The molecular formula is C14H11NO2S. The predicted molar refractivity (Wildman–Crippen MR) is 73.2 cm³/mol. The van der Waals surface area contributed by atoms with Crippen molar-refractivity contribution in [1.29, 1.82) is 0 Å². The molecule has 0 saturated heterocycles. The van der Waals surface area contributed by atoms with E-state index in [4.69, 9.17) is 9.15 Å². The Morgan fingerprint density at radius 2 is 1.78 bits per heavy atom. The number of rotatable bonds is 2. The summed E-state index contributed by atoms with van der Waals surface area (Å²) in [5, 5.41) is 0.386. The topological polar surface area (TPSA) is 35.3 Å². The first kappa shape index (κ1) is 11.2. The molecule has 0 N–H and O–H groups in total. The van der Waals surface area contributed by atoms with E-state index in [0.29, 0.717) is 5.22 Å². The molecule has 18 heavy (non-hydrogen) atoms. The third kappa shape index (κ3) is 1.95. The standard InChI is InChI=1S/C14H11NO2S/c1-16-11-5-2-9(3-6-11)10-4-7-12-13(8-10)17-14(18)15-12/h2-8H,1H3,(H,15,18). The number of thiol groups is 1. The van der Waals surface area contributed by atoms with Gasteiger partial charge in [-0.15, -0.1) is 0 Å². The van der Waals surface area contributed by atoms with Gasteiger partial charge in [-0.2, -0.15) is 0 Å². The molecule has 0 aliphatic heterocycles. The van der Waals surface area contributed by atoms with Gasteiger partial charge in [0.15, 0.2) is 5.58 Å². The van der Waals surface area contributed by atoms with Gasteiger partial charge in [0.25, 0.3) is 5.22 Å². The monoisotopic (exact) mass is 257 g/mol. The van der Waals surface area contributed by atoms with Crippen molar-refractivity contribution in [2.24, 2.45) is 0 Å². The van der Waals surface area contributed by atoms with Crippen molar-refractivity contribution >= 4 is 23.7 Å². The van der Waals surface area contributed by atoms with E-state index in [1.54, 1.807) is 7.11 Å². The van der Waals surface area contributed by atoms with Crippen LogP contribution < -0.4 is 4.74 Å². The molecule has 0 amide bonds. The minimum atomic E-state index is 0.386. The molecule has 0 aliphatic carbocycles. The highest BCUT2D eigenvalue weighted by Crippen LogP contribution is 2.27. The average molecular weight is 257 g/mol. The van der Waals surface area contributed by atoms with Crippen molar-refractivity contribution in [3.8, 4) is 16.9 Å². The van der Waals surface area contributed by atoms with Gasteiger partial charge < -0.3 is 9.15 Å². The molecule has 0 saturated carbocycles. The summed E-state index contributed by atoms with van der Waals surface area (Å²) in [6.45, 7) is 0. The second-order valence-electron chi connectivity index (χ2n) is 3.91. The van der Waals surface area contributed by atoms with Gasteiger partial charge in [-0.3, -0.25) is 0 Å². The first-order valence-electron chi connectivity index (χ1n) is 5.50. The van der Waals surface area contributed by atoms with Crippen LogP contribution in [0.15, 0.2) is 52.1 Å². The van der Waals surface area contributed by atoms with Gasteiger partial charge in [0, 0.05) is 0 Å². The summed E-state index contributed by atoms with van der Waals surface area (Å²) < 4.78 is 10.5. The van der Waals surface area contributed by atoms with E-state index in [0.717, 1.165) is 28.0 Å². The Hall–Kier alpha value is -1.94. The Morgan fingerprint density at radius 1 is 1.06 bits per heavy atom. The van der Waals surface area contributed by atoms with Crippen LogP contribution in [0.2, 0.25) is 0 Å². The second kappa shape index (κ2) is 4.38. The number of oxazole rings is 1. The van der Waals surface area contributed by atoms with Crippen LogP contribution >= 0.6 is 12.6 Å². The molecule has 1 aromatic heterocycles. The number of nitrogens with zero attached hydrogens (tertiary/aromatic N) is 1. The predicted octanol–water partition coefficient (Wildman–Crippen LogP) is 3.79. The fourth-order valence-electron chi connectivity index (χ4n) is 1.88. The fraction of sp³-hybridized carbons (Fsp3) is 0.0714. The number of ether oxygens (including phenoxy) is 1. The molecule has 3 nitrogen and oxygen atoms in total. The van der Waals surface area contributed by atoms with Gasteiger partial charge in [0.1, 0.15) is 11.3 Å². The molecule has 2 aromatic carbocycles. The van der Waals surface area contributed by atoms with E-state index in [-0.39, 0.29) is 0 Å². The normalized spacial score (nSPS) is 10.8. The van der Waals surface area contributed by atoms with E-state index >= 15 is 0 Å². The Balaban J connectivity index is 2.06. The molecule has 0 spiro atoms. The van der Waals surface area contributed by atoms with Crippen molar-refractivity contribution in [3.05, 3.63) is 42.5 Å². The van der Waals surface area contributed by atoms with Crippen LogP contribution in [0.3, 0.4) is 0 Å². The molecule has 3 aromatic rings. The zero-order chi connectivity index (χ0) is 12.5. The van der Waals surface area contributed by atoms with E-state index in [9.17, 15) is 0 Å². The van der Waals surface area contributed by atoms with E-state index < -0.39 is 0 Å². The maximum Gasteiger partial charge on any atom is 0.253 e. The maximum atomic E-state index is 5.40. The van der Waals surface area contributed by atoms with E-state index in [2.05, 4.69) is 17.6 Å². The van der Waals surface area contributed by atoms with Gasteiger partial charge in [0.2, 0.25) is 0 Å². The summed E-state index contributed by atoms with van der Waals surface area (Å²) in [5.41, 5.74) is 3.75. The minimum Gasteiger partial charge on any atom is -0.497 e. The summed E-state index contributed by atoms with van der Waals surface area (Å²) >= 11 is 4.10. The number of benzene rings is 2. The van der Waals surface area contributed by atoms with Crippen molar-refractivity contribution in [1.82, 2.24) is 4.98 Å². The number of hydrogen-bond donors (Lipinski definition) is 1. The highest BCUT2D eigenvalue weighted by atomic mass is 32.1. The van der Waals surface area contributed by atoms with Crippen LogP contribution in [0.25, 0.3) is 22.2 Å². The van der Waals surface area contributed by atoms with Crippen LogP contribution in [-0.4, -0.2) is 12.1 Å². The number of methoxy groups -OCH3 is 1. The third-order valence-corrected chi connectivity index (χ3v) is 2.99. The van der Waals surface area contributed by atoms with Gasteiger partial charge in [-0.25, -0.2) is 4.98 Å². The molecule has 90 valence electrons. The number of aromatic nitrogens is 1. The molecule has 0 atom stereocenters. The second-order valence-corrected chi connectivity index (χ2v) is 4.29. The molecule has 0 unspecified atom stereocenters. The van der Waals surface area contributed by atoms with E-state index in [1.807, 2.05) is 42.5 Å².